The molecular formula is C14H19ClO9. The van der Waals surface area contributed by atoms with Crippen LogP contribution in [0.2, 0.25) is 0 Å². The summed E-state index contributed by atoms with van der Waals surface area (Å²) in [6, 6.07) is 0. The van der Waals surface area contributed by atoms with Gasteiger partial charge in [0.05, 0.1) is 5.88 Å². The largest absolute Gasteiger partial charge is 0.456 e. The molecule has 1 rings (SSSR count). The van der Waals surface area contributed by atoms with Gasteiger partial charge in [0.2, 0.25) is 12.4 Å². The Balaban J connectivity index is 3.23. The van der Waals surface area contributed by atoms with Crippen LogP contribution in [0.25, 0.3) is 0 Å². The van der Waals surface area contributed by atoms with E-state index in [1.165, 1.54) is 0 Å². The second-order valence-electron chi connectivity index (χ2n) is 5.03. The third-order valence-corrected chi connectivity index (χ3v) is 3.24. The highest BCUT2D eigenvalue weighted by Crippen LogP contribution is 2.30. The number of alkyl halides is 1. The fraction of sp³-hybridized carbons (Fsp3) is 0.714. The molecular weight excluding hydrogens is 348 g/mol. The Kier molecular flexibility index (Phi) is 7.43. The van der Waals surface area contributed by atoms with Crippen molar-refractivity contribution in [2.45, 2.75) is 58.4 Å². The molecule has 0 saturated carbocycles. The van der Waals surface area contributed by atoms with Gasteiger partial charge in [-0.2, -0.15) is 0 Å². The number of hydrogen-bond acceptors (Lipinski definition) is 9. The van der Waals surface area contributed by atoms with Gasteiger partial charge in [-0.1, -0.05) is 0 Å². The molecule has 0 N–H and O–H groups in total. The second kappa shape index (κ2) is 8.84. The minimum absolute atomic E-state index is 0.153. The summed E-state index contributed by atoms with van der Waals surface area (Å²) in [4.78, 5) is 45.4. The van der Waals surface area contributed by atoms with Crippen molar-refractivity contribution in [1.29, 1.82) is 0 Å². The van der Waals surface area contributed by atoms with E-state index in [2.05, 4.69) is 0 Å². The molecule has 10 heteroatoms. The van der Waals surface area contributed by atoms with Crippen LogP contribution >= 0.6 is 11.6 Å². The summed E-state index contributed by atoms with van der Waals surface area (Å²) in [6.45, 7) is 4.52. The lowest BCUT2D eigenvalue weighted by atomic mass is 9.98. The van der Waals surface area contributed by atoms with E-state index in [1.807, 2.05) is 0 Å². The van der Waals surface area contributed by atoms with Gasteiger partial charge in [-0.15, -0.1) is 11.6 Å². The normalized spacial score (nSPS) is 29.3. The molecule has 5 atom stereocenters. The number of hydrogen-bond donors (Lipinski definition) is 0. The standard InChI is InChI=1S/C14H19ClO9/c1-6(16)20-11-10(5-15)24-14(23-9(4)19)13(22-8(3)18)12(11)21-7(2)17/h10-14H,5H2,1-4H3/t10-,11+,12+,13+,14?/m0/s1. The first-order valence-electron chi connectivity index (χ1n) is 7.06. The fourth-order valence-corrected chi connectivity index (χ4v) is 2.49. The third kappa shape index (κ3) is 5.64. The van der Waals surface area contributed by atoms with Gasteiger partial charge in [0.1, 0.15) is 6.10 Å². The van der Waals surface area contributed by atoms with E-state index in [0.29, 0.717) is 0 Å². The van der Waals surface area contributed by atoms with E-state index in [1.54, 1.807) is 0 Å². The predicted octanol–water partition coefficient (Wildman–Crippen LogP) is 0.308. The van der Waals surface area contributed by atoms with Crippen molar-refractivity contribution in [3.8, 4) is 0 Å². The number of rotatable bonds is 5. The molecule has 0 aromatic heterocycles. The van der Waals surface area contributed by atoms with Crippen LogP contribution in [0.4, 0.5) is 0 Å². The molecule has 0 spiro atoms. The van der Waals surface area contributed by atoms with Crippen LogP contribution in [0.5, 0.6) is 0 Å². The van der Waals surface area contributed by atoms with Gasteiger partial charge < -0.3 is 23.7 Å². The molecule has 1 unspecified atom stereocenters. The van der Waals surface area contributed by atoms with Gasteiger partial charge in [-0.25, -0.2) is 0 Å². The minimum Gasteiger partial charge on any atom is -0.456 e. The summed E-state index contributed by atoms with van der Waals surface area (Å²) in [7, 11) is 0. The van der Waals surface area contributed by atoms with E-state index in [-0.39, 0.29) is 5.88 Å². The lowest BCUT2D eigenvalue weighted by Gasteiger charge is -2.43. The minimum atomic E-state index is -1.37. The molecule has 1 saturated heterocycles. The van der Waals surface area contributed by atoms with Crippen LogP contribution in [-0.2, 0) is 42.9 Å². The molecule has 1 fully saturated rings. The average Bonchev–Trinajstić information content (AvgIpc) is 2.42. The molecule has 1 aliphatic rings. The molecule has 0 aliphatic carbocycles. The number of carbonyl (C=O) groups is 4. The fourth-order valence-electron chi connectivity index (χ4n) is 2.24. The van der Waals surface area contributed by atoms with Crippen LogP contribution in [0.3, 0.4) is 0 Å². The summed E-state index contributed by atoms with van der Waals surface area (Å²) >= 11 is 5.81. The predicted molar refractivity (Wildman–Crippen MR) is 77.8 cm³/mol. The highest BCUT2D eigenvalue weighted by atomic mass is 35.5. The lowest BCUT2D eigenvalue weighted by Crippen LogP contribution is -2.62. The zero-order valence-corrected chi connectivity index (χ0v) is 14.4. The number of halogens is 1. The first-order valence-corrected chi connectivity index (χ1v) is 7.59. The summed E-state index contributed by atoms with van der Waals surface area (Å²) in [5, 5.41) is 0. The van der Waals surface area contributed by atoms with Gasteiger partial charge in [0.25, 0.3) is 0 Å². The zero-order chi connectivity index (χ0) is 18.4. The highest BCUT2D eigenvalue weighted by Gasteiger charge is 2.52. The third-order valence-electron chi connectivity index (χ3n) is 2.93. The average molecular weight is 367 g/mol. The van der Waals surface area contributed by atoms with Crippen molar-refractivity contribution in [2.24, 2.45) is 0 Å². The molecule has 24 heavy (non-hydrogen) atoms. The Morgan fingerprint density at radius 3 is 1.58 bits per heavy atom. The molecule has 1 aliphatic heterocycles. The van der Waals surface area contributed by atoms with Crippen molar-refractivity contribution >= 4 is 35.5 Å². The first-order chi connectivity index (χ1) is 11.1. The summed E-state index contributed by atoms with van der Waals surface area (Å²) in [6.07, 6.45) is -6.03. The summed E-state index contributed by atoms with van der Waals surface area (Å²) in [5.41, 5.74) is 0. The maximum absolute atomic E-state index is 11.4. The van der Waals surface area contributed by atoms with Crippen LogP contribution in [-0.4, -0.2) is 60.5 Å². The topological polar surface area (TPSA) is 114 Å². The molecule has 0 radical (unpaired) electrons. The molecule has 0 amide bonds. The van der Waals surface area contributed by atoms with Crippen molar-refractivity contribution in [1.82, 2.24) is 0 Å². The lowest BCUT2D eigenvalue weighted by molar-refractivity contribution is -0.292. The number of ether oxygens (including phenoxy) is 5. The Hall–Kier alpha value is -1.87. The van der Waals surface area contributed by atoms with Gasteiger partial charge in [0, 0.05) is 27.7 Å². The molecule has 9 nitrogen and oxygen atoms in total. The van der Waals surface area contributed by atoms with Crippen molar-refractivity contribution in [2.75, 3.05) is 5.88 Å². The smallest absolute Gasteiger partial charge is 0.305 e. The van der Waals surface area contributed by atoms with Gasteiger partial charge >= 0.3 is 23.9 Å². The van der Waals surface area contributed by atoms with E-state index in [4.69, 9.17) is 35.3 Å². The monoisotopic (exact) mass is 366 g/mol. The van der Waals surface area contributed by atoms with Crippen LogP contribution in [0, 0.1) is 0 Å². The Morgan fingerprint density at radius 1 is 0.750 bits per heavy atom. The van der Waals surface area contributed by atoms with Crippen molar-refractivity contribution < 1.29 is 42.9 Å². The van der Waals surface area contributed by atoms with E-state index < -0.39 is 54.6 Å². The maximum atomic E-state index is 11.4. The molecule has 0 bridgehead atoms. The Labute approximate surface area is 143 Å². The van der Waals surface area contributed by atoms with E-state index in [9.17, 15) is 19.2 Å². The quantitative estimate of drug-likeness (QED) is 0.385. The summed E-state index contributed by atoms with van der Waals surface area (Å²) < 4.78 is 25.8. The number of carbonyl (C=O) groups excluding carboxylic acids is 4. The van der Waals surface area contributed by atoms with Crippen LogP contribution < -0.4 is 0 Å². The highest BCUT2D eigenvalue weighted by molar-refractivity contribution is 6.18. The SMILES string of the molecule is CC(=O)OC1O[C@@H](CCl)[C@@H](OC(C)=O)[C@@H](OC(C)=O)[C@H]1OC(C)=O. The van der Waals surface area contributed by atoms with Gasteiger partial charge in [-0.05, 0) is 0 Å². The van der Waals surface area contributed by atoms with Gasteiger partial charge in [0.15, 0.2) is 12.2 Å². The molecule has 136 valence electrons. The molecule has 0 aromatic carbocycles. The maximum Gasteiger partial charge on any atom is 0.305 e. The first kappa shape index (κ1) is 20.2. The van der Waals surface area contributed by atoms with Crippen LogP contribution in [0.1, 0.15) is 27.7 Å². The van der Waals surface area contributed by atoms with E-state index in [0.717, 1.165) is 27.7 Å². The van der Waals surface area contributed by atoms with Crippen molar-refractivity contribution in [3.05, 3.63) is 0 Å². The van der Waals surface area contributed by atoms with Crippen molar-refractivity contribution in [3.63, 3.8) is 0 Å². The van der Waals surface area contributed by atoms with Crippen LogP contribution in [0.15, 0.2) is 0 Å². The Bertz CT molecular complexity index is 506. The Morgan fingerprint density at radius 2 is 1.17 bits per heavy atom. The second-order valence-corrected chi connectivity index (χ2v) is 5.34. The summed E-state index contributed by atoms with van der Waals surface area (Å²) in [5.74, 6) is -2.99. The molecule has 0 aromatic rings. The van der Waals surface area contributed by atoms with E-state index >= 15 is 0 Å². The van der Waals surface area contributed by atoms with Gasteiger partial charge in [-0.3, -0.25) is 19.2 Å². The zero-order valence-electron chi connectivity index (χ0n) is 13.6. The molecule has 1 heterocycles. The number of esters is 4.